The van der Waals surface area contributed by atoms with E-state index >= 15 is 0 Å². The first kappa shape index (κ1) is 18.0. The largest absolute Gasteiger partial charge is 0.476 e. The Morgan fingerprint density at radius 2 is 1.78 bits per heavy atom. The second-order valence-electron chi connectivity index (χ2n) is 7.57. The van der Waals surface area contributed by atoms with Gasteiger partial charge in [-0.1, -0.05) is 41.7 Å². The van der Waals surface area contributed by atoms with Gasteiger partial charge in [-0.3, -0.25) is 0 Å². The molecule has 1 saturated heterocycles. The van der Waals surface area contributed by atoms with Crippen LogP contribution in [0.25, 0.3) is 0 Å². The fraction of sp³-hybridized carbons (Fsp3) is 0.550. The van der Waals surface area contributed by atoms with Gasteiger partial charge >= 0.3 is 5.97 Å². The van der Waals surface area contributed by atoms with Gasteiger partial charge in [0.05, 0.1) is 0 Å². The number of H-pyrrole nitrogens is 1. The molecule has 2 aliphatic rings. The van der Waals surface area contributed by atoms with Crippen molar-refractivity contribution in [3.05, 3.63) is 35.5 Å². The molecule has 0 spiro atoms. The number of aromatic carboxylic acids is 1. The summed E-state index contributed by atoms with van der Waals surface area (Å²) in [7, 11) is 0. The van der Waals surface area contributed by atoms with E-state index in [1.165, 1.54) is 63.6 Å². The van der Waals surface area contributed by atoms with Crippen molar-refractivity contribution in [2.45, 2.75) is 56.9 Å². The molecular weight excluding hydrogens is 344 g/mol. The fourth-order valence-electron chi connectivity index (χ4n) is 4.39. The number of hydrogen-bond acceptors (Lipinski definition) is 5. The maximum atomic E-state index is 11.1. The topological polar surface area (TPSA) is 91.3 Å². The highest BCUT2D eigenvalue weighted by molar-refractivity contribution is 5.87. The number of rotatable bonds is 5. The molecule has 2 aromatic rings. The summed E-state index contributed by atoms with van der Waals surface area (Å²) in [5.41, 5.74) is 1.18. The third-order valence-electron chi connectivity index (χ3n) is 5.92. The van der Waals surface area contributed by atoms with Gasteiger partial charge in [-0.05, 0) is 62.4 Å². The molecule has 0 bridgehead atoms. The molecule has 1 aromatic heterocycles. The molecule has 27 heavy (non-hydrogen) atoms. The number of carboxylic acids is 1. The minimum absolute atomic E-state index is 0.0176. The van der Waals surface area contributed by atoms with Crippen LogP contribution in [-0.2, 0) is 0 Å². The Labute approximate surface area is 158 Å². The number of nitrogens with zero attached hydrogens (tertiary/aromatic N) is 3. The van der Waals surface area contributed by atoms with E-state index in [0.717, 1.165) is 6.04 Å². The average molecular weight is 370 g/mol. The summed E-state index contributed by atoms with van der Waals surface area (Å²) >= 11 is 0. The number of nitrogens with one attached hydrogen (secondary N) is 1. The van der Waals surface area contributed by atoms with Crippen molar-refractivity contribution in [3.63, 3.8) is 0 Å². The molecule has 1 aromatic carbocycles. The van der Waals surface area contributed by atoms with Crippen molar-refractivity contribution < 1.29 is 14.6 Å². The third-order valence-corrected chi connectivity index (χ3v) is 5.92. The second-order valence-corrected chi connectivity index (χ2v) is 7.57. The van der Waals surface area contributed by atoms with Crippen LogP contribution in [0.3, 0.4) is 0 Å². The minimum atomic E-state index is -1.14. The van der Waals surface area contributed by atoms with Crippen molar-refractivity contribution in [2.24, 2.45) is 0 Å². The lowest BCUT2D eigenvalue weighted by Crippen LogP contribution is -2.41. The van der Waals surface area contributed by atoms with Crippen LogP contribution in [0.5, 0.6) is 11.6 Å². The van der Waals surface area contributed by atoms with Gasteiger partial charge in [-0.15, -0.1) is 0 Å². The number of hydrogen-bond donors (Lipinski definition) is 2. The van der Waals surface area contributed by atoms with Crippen molar-refractivity contribution >= 4 is 5.97 Å². The van der Waals surface area contributed by atoms with Gasteiger partial charge in [0.2, 0.25) is 5.69 Å². The standard InChI is InChI=1S/C20H26N4O3/c25-20(26)18-19(22-23-21-18)27-17-8-6-14(7-9-17)15-10-12-24(13-11-15)16-4-2-1-3-5-16/h6-9,15-16H,1-5,10-13H2,(H,25,26)(H,21,22,23). The van der Waals surface area contributed by atoms with Crippen LogP contribution in [-0.4, -0.2) is 50.5 Å². The van der Waals surface area contributed by atoms with Crippen LogP contribution < -0.4 is 4.74 Å². The Morgan fingerprint density at radius 3 is 2.44 bits per heavy atom. The van der Waals surface area contributed by atoms with Crippen molar-refractivity contribution in [1.29, 1.82) is 0 Å². The lowest BCUT2D eigenvalue weighted by Gasteiger charge is -2.39. The van der Waals surface area contributed by atoms with Crippen LogP contribution in [0.15, 0.2) is 24.3 Å². The van der Waals surface area contributed by atoms with E-state index in [2.05, 4.69) is 32.4 Å². The Kier molecular flexibility index (Phi) is 5.38. The van der Waals surface area contributed by atoms with Gasteiger partial charge in [-0.2, -0.15) is 0 Å². The highest BCUT2D eigenvalue weighted by Crippen LogP contribution is 2.33. The molecule has 0 unspecified atom stereocenters. The number of aromatic amines is 1. The maximum absolute atomic E-state index is 11.1. The molecule has 2 fully saturated rings. The third kappa shape index (κ3) is 4.13. The van der Waals surface area contributed by atoms with E-state index in [1.54, 1.807) is 0 Å². The van der Waals surface area contributed by atoms with Gasteiger partial charge in [0.15, 0.2) is 0 Å². The highest BCUT2D eigenvalue weighted by Gasteiger charge is 2.26. The first-order valence-corrected chi connectivity index (χ1v) is 9.87. The van der Waals surface area contributed by atoms with E-state index in [9.17, 15) is 4.79 Å². The van der Waals surface area contributed by atoms with Crippen LogP contribution in [0.1, 0.15) is 66.9 Å². The smallest absolute Gasteiger partial charge is 0.359 e. The fourth-order valence-corrected chi connectivity index (χ4v) is 4.39. The number of benzene rings is 1. The number of carbonyl (C=O) groups is 1. The summed E-state index contributed by atoms with van der Waals surface area (Å²) < 4.78 is 5.56. The van der Waals surface area contributed by atoms with Gasteiger partial charge in [0.1, 0.15) is 5.75 Å². The number of piperidine rings is 1. The van der Waals surface area contributed by atoms with Gasteiger partial charge in [0.25, 0.3) is 5.88 Å². The predicted molar refractivity (Wildman–Crippen MR) is 100 cm³/mol. The zero-order valence-electron chi connectivity index (χ0n) is 15.4. The number of aromatic nitrogens is 3. The lowest BCUT2D eigenvalue weighted by atomic mass is 9.87. The zero-order valence-corrected chi connectivity index (χ0v) is 15.4. The summed E-state index contributed by atoms with van der Waals surface area (Å²) in [6, 6.07) is 8.72. The molecule has 7 heteroatoms. The molecule has 2 heterocycles. The average Bonchev–Trinajstić information content (AvgIpc) is 3.18. The monoisotopic (exact) mass is 370 g/mol. The highest BCUT2D eigenvalue weighted by atomic mass is 16.5. The van der Waals surface area contributed by atoms with E-state index in [-0.39, 0.29) is 11.6 Å². The quantitative estimate of drug-likeness (QED) is 0.832. The minimum Gasteiger partial charge on any atom is -0.476 e. The SMILES string of the molecule is O=C(O)c1[nH]nnc1Oc1ccc(C2CCN(C3CCCCC3)CC2)cc1. The first-order chi connectivity index (χ1) is 13.2. The summed E-state index contributed by atoms with van der Waals surface area (Å²) in [5.74, 6) is -0.0114. The Hall–Kier alpha value is -2.41. The number of ether oxygens (including phenoxy) is 1. The van der Waals surface area contributed by atoms with Gasteiger partial charge in [-0.25, -0.2) is 9.89 Å². The van der Waals surface area contributed by atoms with E-state index in [4.69, 9.17) is 9.84 Å². The molecule has 7 nitrogen and oxygen atoms in total. The van der Waals surface area contributed by atoms with Crippen molar-refractivity contribution in [3.8, 4) is 11.6 Å². The summed E-state index contributed by atoms with van der Waals surface area (Å²) in [6.07, 6.45) is 9.33. The molecule has 0 atom stereocenters. The first-order valence-electron chi connectivity index (χ1n) is 9.87. The predicted octanol–water partition coefficient (Wildman–Crippen LogP) is 3.81. The summed E-state index contributed by atoms with van der Waals surface area (Å²) in [4.78, 5) is 13.8. The van der Waals surface area contributed by atoms with Crippen molar-refractivity contribution in [1.82, 2.24) is 20.3 Å². The normalized spacial score (nSPS) is 19.9. The molecule has 0 radical (unpaired) electrons. The molecule has 1 aliphatic heterocycles. The Morgan fingerprint density at radius 1 is 1.07 bits per heavy atom. The molecule has 1 saturated carbocycles. The van der Waals surface area contributed by atoms with Crippen molar-refractivity contribution in [2.75, 3.05) is 13.1 Å². The van der Waals surface area contributed by atoms with E-state index in [0.29, 0.717) is 11.7 Å². The molecule has 0 amide bonds. The number of likely N-dealkylation sites (tertiary alicyclic amines) is 1. The Balaban J connectivity index is 1.34. The molecule has 2 N–H and O–H groups in total. The molecule has 144 valence electrons. The van der Waals surface area contributed by atoms with Crippen LogP contribution in [0, 0.1) is 0 Å². The summed E-state index contributed by atoms with van der Waals surface area (Å²) in [5, 5.41) is 18.6. The van der Waals surface area contributed by atoms with Crippen LogP contribution in [0.2, 0.25) is 0 Å². The van der Waals surface area contributed by atoms with Gasteiger partial charge in [0, 0.05) is 6.04 Å². The maximum Gasteiger partial charge on any atom is 0.359 e. The molecular formula is C20H26N4O3. The van der Waals surface area contributed by atoms with Crippen LogP contribution >= 0.6 is 0 Å². The van der Waals surface area contributed by atoms with Crippen LogP contribution in [0.4, 0.5) is 0 Å². The zero-order chi connectivity index (χ0) is 18.6. The van der Waals surface area contributed by atoms with Gasteiger partial charge < -0.3 is 14.7 Å². The van der Waals surface area contributed by atoms with E-state index in [1.807, 2.05) is 12.1 Å². The molecule has 4 rings (SSSR count). The lowest BCUT2D eigenvalue weighted by molar-refractivity contribution is 0.0687. The Bertz CT molecular complexity index is 760. The number of carboxylic acid groups (broad SMARTS) is 1. The van der Waals surface area contributed by atoms with E-state index < -0.39 is 5.97 Å². The molecule has 1 aliphatic carbocycles. The second kappa shape index (κ2) is 8.08. The summed E-state index contributed by atoms with van der Waals surface area (Å²) in [6.45, 7) is 2.38.